The second-order valence-corrected chi connectivity index (χ2v) is 5.92. The molecule has 0 spiro atoms. The maximum atomic E-state index is 13.5. The number of halogens is 1. The summed E-state index contributed by atoms with van der Waals surface area (Å²) in [6.07, 6.45) is 4.44. The van der Waals surface area contributed by atoms with Crippen molar-refractivity contribution in [3.63, 3.8) is 0 Å². The monoisotopic (exact) mass is 292 g/mol. The van der Waals surface area contributed by atoms with Gasteiger partial charge in [0.1, 0.15) is 5.82 Å². The topological polar surface area (TPSA) is 32.3 Å². The predicted octanol–water partition coefficient (Wildman–Crippen LogP) is 3.13. The highest BCUT2D eigenvalue weighted by Crippen LogP contribution is 2.14. The molecule has 1 fully saturated rings. The Balaban J connectivity index is 2.10. The molecule has 1 aliphatic rings. The number of nitrogens with zero attached hydrogens (tertiary/aromatic N) is 1. The van der Waals surface area contributed by atoms with Crippen molar-refractivity contribution in [1.29, 1.82) is 0 Å². The number of amides is 1. The zero-order chi connectivity index (χ0) is 15.2. The van der Waals surface area contributed by atoms with E-state index in [0.29, 0.717) is 24.7 Å². The van der Waals surface area contributed by atoms with E-state index in [-0.39, 0.29) is 11.7 Å². The third-order valence-electron chi connectivity index (χ3n) is 3.92. The normalized spacial score (nSPS) is 18.5. The predicted molar refractivity (Wildman–Crippen MR) is 83.0 cm³/mol. The summed E-state index contributed by atoms with van der Waals surface area (Å²) in [6, 6.07) is 4.92. The molecule has 0 aromatic heterocycles. The number of hydrogen-bond donors (Lipinski definition) is 1. The van der Waals surface area contributed by atoms with E-state index >= 15 is 0 Å². The number of carbonyl (C=O) groups is 1. The van der Waals surface area contributed by atoms with E-state index in [0.717, 1.165) is 24.9 Å². The van der Waals surface area contributed by atoms with Gasteiger partial charge in [-0.2, -0.15) is 0 Å². The van der Waals surface area contributed by atoms with Gasteiger partial charge in [0.05, 0.1) is 0 Å². The molecule has 0 radical (unpaired) electrons. The van der Waals surface area contributed by atoms with Crippen molar-refractivity contribution in [2.45, 2.75) is 45.6 Å². The van der Waals surface area contributed by atoms with Crippen LogP contribution in [-0.2, 0) is 0 Å². The Kier molecular flexibility index (Phi) is 5.74. The number of benzene rings is 1. The van der Waals surface area contributed by atoms with Crippen molar-refractivity contribution < 1.29 is 9.18 Å². The molecule has 1 heterocycles. The molecule has 4 heteroatoms. The molecule has 21 heavy (non-hydrogen) atoms. The minimum atomic E-state index is -0.342. The van der Waals surface area contributed by atoms with Gasteiger partial charge >= 0.3 is 0 Å². The van der Waals surface area contributed by atoms with Gasteiger partial charge in [0.25, 0.3) is 5.91 Å². The zero-order valence-electron chi connectivity index (χ0n) is 13.0. The molecule has 116 valence electrons. The van der Waals surface area contributed by atoms with Gasteiger partial charge in [0, 0.05) is 24.7 Å². The summed E-state index contributed by atoms with van der Waals surface area (Å²) in [5.74, 6) is -0.405. The molecule has 1 aromatic rings. The largest absolute Gasteiger partial charge is 0.337 e. The highest BCUT2D eigenvalue weighted by atomic mass is 19.1. The van der Waals surface area contributed by atoms with Gasteiger partial charge in [-0.1, -0.05) is 13.3 Å². The van der Waals surface area contributed by atoms with E-state index < -0.39 is 0 Å². The minimum Gasteiger partial charge on any atom is -0.337 e. The van der Waals surface area contributed by atoms with E-state index in [9.17, 15) is 9.18 Å². The van der Waals surface area contributed by atoms with Crippen LogP contribution in [0.3, 0.4) is 0 Å². The lowest BCUT2D eigenvalue weighted by molar-refractivity contribution is 0.0731. The number of piperidine rings is 1. The standard InChI is InChI=1S/C17H25FN2O/c1-3-8-20(12-16-6-4-5-7-19-16)17(21)14-9-13(2)10-15(18)11-14/h9-11,16,19H,3-8,12H2,1-2H3. The van der Waals surface area contributed by atoms with Crippen molar-refractivity contribution >= 4 is 5.91 Å². The van der Waals surface area contributed by atoms with E-state index in [1.165, 1.54) is 25.0 Å². The van der Waals surface area contributed by atoms with Gasteiger partial charge < -0.3 is 10.2 Å². The average molecular weight is 292 g/mol. The number of hydrogen-bond acceptors (Lipinski definition) is 2. The van der Waals surface area contributed by atoms with Crippen LogP contribution in [0.25, 0.3) is 0 Å². The lowest BCUT2D eigenvalue weighted by Crippen LogP contribution is -2.46. The van der Waals surface area contributed by atoms with Gasteiger partial charge in [0.2, 0.25) is 0 Å². The Morgan fingerprint density at radius 3 is 2.81 bits per heavy atom. The maximum absolute atomic E-state index is 13.5. The molecular formula is C17H25FN2O. The fraction of sp³-hybridized carbons (Fsp3) is 0.588. The Bertz CT molecular complexity index is 463. The molecule has 1 aromatic carbocycles. The molecule has 1 unspecified atom stereocenters. The molecule has 1 saturated heterocycles. The van der Waals surface area contributed by atoms with E-state index in [1.807, 2.05) is 11.8 Å². The number of aryl methyl sites for hydroxylation is 1. The lowest BCUT2D eigenvalue weighted by Gasteiger charge is -2.30. The summed E-state index contributed by atoms with van der Waals surface area (Å²) in [5.41, 5.74) is 1.24. The van der Waals surface area contributed by atoms with Crippen molar-refractivity contribution in [3.05, 3.63) is 35.1 Å². The Labute approximate surface area is 126 Å². The fourth-order valence-electron chi connectivity index (χ4n) is 2.93. The smallest absolute Gasteiger partial charge is 0.254 e. The number of carbonyl (C=O) groups excluding carboxylic acids is 1. The third-order valence-corrected chi connectivity index (χ3v) is 3.92. The molecule has 0 aliphatic carbocycles. The summed E-state index contributed by atoms with van der Waals surface area (Å²) in [5, 5.41) is 3.47. The number of nitrogens with one attached hydrogen (secondary N) is 1. The first-order valence-electron chi connectivity index (χ1n) is 7.90. The number of rotatable bonds is 5. The van der Waals surface area contributed by atoms with Crippen LogP contribution in [-0.4, -0.2) is 36.5 Å². The van der Waals surface area contributed by atoms with Gasteiger partial charge in [-0.25, -0.2) is 4.39 Å². The van der Waals surface area contributed by atoms with Gasteiger partial charge in [-0.05, 0) is 56.5 Å². The van der Waals surface area contributed by atoms with Gasteiger partial charge in [-0.3, -0.25) is 4.79 Å². The molecule has 1 N–H and O–H groups in total. The summed E-state index contributed by atoms with van der Waals surface area (Å²) < 4.78 is 13.5. The van der Waals surface area contributed by atoms with Crippen LogP contribution in [0.1, 0.15) is 48.5 Å². The molecule has 1 amide bonds. The Hall–Kier alpha value is -1.42. The van der Waals surface area contributed by atoms with Crippen LogP contribution in [0, 0.1) is 12.7 Å². The van der Waals surface area contributed by atoms with Crippen LogP contribution in [0.5, 0.6) is 0 Å². The maximum Gasteiger partial charge on any atom is 0.254 e. The molecule has 3 nitrogen and oxygen atoms in total. The summed E-state index contributed by atoms with van der Waals surface area (Å²) in [6.45, 7) is 6.32. The molecule has 0 saturated carbocycles. The van der Waals surface area contributed by atoms with Gasteiger partial charge in [0.15, 0.2) is 0 Å². The zero-order valence-corrected chi connectivity index (χ0v) is 13.0. The quantitative estimate of drug-likeness (QED) is 0.904. The lowest BCUT2D eigenvalue weighted by atomic mass is 10.0. The van der Waals surface area contributed by atoms with E-state index in [2.05, 4.69) is 12.2 Å². The van der Waals surface area contributed by atoms with Crippen LogP contribution in [0.15, 0.2) is 18.2 Å². The van der Waals surface area contributed by atoms with Crippen LogP contribution in [0.4, 0.5) is 4.39 Å². The highest BCUT2D eigenvalue weighted by Gasteiger charge is 2.21. The van der Waals surface area contributed by atoms with Crippen molar-refractivity contribution in [2.24, 2.45) is 0 Å². The molecule has 1 aliphatic heterocycles. The second kappa shape index (κ2) is 7.55. The molecular weight excluding hydrogens is 267 g/mol. The van der Waals surface area contributed by atoms with E-state index in [4.69, 9.17) is 0 Å². The fourth-order valence-corrected chi connectivity index (χ4v) is 2.93. The minimum absolute atomic E-state index is 0.0631. The molecule has 1 atom stereocenters. The van der Waals surface area contributed by atoms with Crippen molar-refractivity contribution in [1.82, 2.24) is 10.2 Å². The molecule has 2 rings (SSSR count). The first kappa shape index (κ1) is 16.0. The van der Waals surface area contributed by atoms with Crippen molar-refractivity contribution in [3.8, 4) is 0 Å². The highest BCUT2D eigenvalue weighted by molar-refractivity contribution is 5.94. The summed E-state index contributed by atoms with van der Waals surface area (Å²) in [7, 11) is 0. The van der Waals surface area contributed by atoms with Crippen LogP contribution >= 0.6 is 0 Å². The Morgan fingerprint density at radius 1 is 1.38 bits per heavy atom. The van der Waals surface area contributed by atoms with E-state index in [1.54, 1.807) is 6.07 Å². The molecule has 0 bridgehead atoms. The van der Waals surface area contributed by atoms with Crippen molar-refractivity contribution in [2.75, 3.05) is 19.6 Å². The van der Waals surface area contributed by atoms with Crippen LogP contribution < -0.4 is 5.32 Å². The van der Waals surface area contributed by atoms with Gasteiger partial charge in [-0.15, -0.1) is 0 Å². The average Bonchev–Trinajstić information content (AvgIpc) is 2.46. The first-order valence-corrected chi connectivity index (χ1v) is 7.90. The SMILES string of the molecule is CCCN(CC1CCCCN1)C(=O)c1cc(C)cc(F)c1. The first-order chi connectivity index (χ1) is 10.1. The summed E-state index contributed by atoms with van der Waals surface area (Å²) >= 11 is 0. The Morgan fingerprint density at radius 2 is 2.19 bits per heavy atom. The van der Waals surface area contributed by atoms with Crippen LogP contribution in [0.2, 0.25) is 0 Å². The summed E-state index contributed by atoms with van der Waals surface area (Å²) in [4.78, 5) is 14.5. The third kappa shape index (κ3) is 4.53. The second-order valence-electron chi connectivity index (χ2n) is 5.92.